The van der Waals surface area contributed by atoms with Crippen LogP contribution in [0.15, 0.2) is 35.5 Å². The number of hydrogen-bond donors (Lipinski definition) is 1. The number of carbonyl (C=O) groups excluding carboxylic acids is 1. The number of aromatic nitrogens is 2. The van der Waals surface area contributed by atoms with Crippen molar-refractivity contribution >= 4 is 21.7 Å². The van der Waals surface area contributed by atoms with Crippen LogP contribution in [0.2, 0.25) is 0 Å². The van der Waals surface area contributed by atoms with Gasteiger partial charge in [0, 0.05) is 13.2 Å². The van der Waals surface area contributed by atoms with Gasteiger partial charge in [0.05, 0.1) is 31.5 Å². The Bertz CT molecular complexity index is 1010. The summed E-state index contributed by atoms with van der Waals surface area (Å²) in [6, 6.07) is 4.88. The van der Waals surface area contributed by atoms with E-state index in [0.717, 1.165) is 0 Å². The van der Waals surface area contributed by atoms with E-state index in [1.54, 1.807) is 46.0 Å². The summed E-state index contributed by atoms with van der Waals surface area (Å²) < 4.78 is 40.0. The highest BCUT2D eigenvalue weighted by Gasteiger charge is 2.35. The summed E-state index contributed by atoms with van der Waals surface area (Å²) in [5, 5.41) is 13.5. The number of nitrogens with zero attached hydrogens (tertiary/aromatic N) is 3. The zero-order valence-corrected chi connectivity index (χ0v) is 17.6. The standard InChI is InChI=1S/C19H25N3O6S/c1-19(2,3)28-18(24)8-13-5-6-17-16(7-13)22(10-14(12-23)27-17)29(25,26)15-9-20-21(4)11-15/h5-7,9,11,14,23H,8,10,12H2,1-4H3/t14-/m1/s1. The van der Waals surface area contributed by atoms with Gasteiger partial charge in [-0.2, -0.15) is 5.10 Å². The molecule has 158 valence electrons. The van der Waals surface area contributed by atoms with Gasteiger partial charge in [0.1, 0.15) is 22.4 Å². The molecule has 0 amide bonds. The predicted molar refractivity (Wildman–Crippen MR) is 105 cm³/mol. The second-order valence-electron chi connectivity index (χ2n) is 7.87. The summed E-state index contributed by atoms with van der Waals surface area (Å²) in [5.74, 6) is -0.0974. The van der Waals surface area contributed by atoms with E-state index in [1.165, 1.54) is 21.4 Å². The van der Waals surface area contributed by atoms with Gasteiger partial charge in [-0.05, 0) is 38.5 Å². The van der Waals surface area contributed by atoms with Gasteiger partial charge in [-0.3, -0.25) is 13.8 Å². The number of fused-ring (bicyclic) bond motifs is 1. The molecule has 1 aliphatic rings. The molecule has 29 heavy (non-hydrogen) atoms. The second kappa shape index (κ2) is 7.68. The van der Waals surface area contributed by atoms with Crippen LogP contribution in [0.5, 0.6) is 5.75 Å². The van der Waals surface area contributed by atoms with Crippen LogP contribution in [0.4, 0.5) is 5.69 Å². The first-order chi connectivity index (χ1) is 13.5. The molecule has 0 unspecified atom stereocenters. The lowest BCUT2D eigenvalue weighted by atomic mass is 10.1. The minimum absolute atomic E-state index is 0.00520. The Balaban J connectivity index is 1.97. The summed E-state index contributed by atoms with van der Waals surface area (Å²) in [5.41, 5.74) is 0.286. The highest BCUT2D eigenvalue weighted by Crippen LogP contribution is 2.37. The lowest BCUT2D eigenvalue weighted by Crippen LogP contribution is -2.45. The van der Waals surface area contributed by atoms with Crippen LogP contribution in [0.1, 0.15) is 26.3 Å². The van der Waals surface area contributed by atoms with Gasteiger partial charge < -0.3 is 14.6 Å². The van der Waals surface area contributed by atoms with Crippen molar-refractivity contribution in [1.82, 2.24) is 9.78 Å². The third-order valence-electron chi connectivity index (χ3n) is 4.20. The van der Waals surface area contributed by atoms with Crippen LogP contribution in [-0.4, -0.2) is 54.1 Å². The number of rotatable bonds is 5. The molecule has 0 saturated carbocycles. The minimum Gasteiger partial charge on any atom is -0.484 e. The van der Waals surface area contributed by atoms with Crippen molar-refractivity contribution in [2.45, 2.75) is 43.8 Å². The van der Waals surface area contributed by atoms with E-state index in [1.807, 2.05) is 0 Å². The number of aryl methyl sites for hydroxylation is 1. The largest absolute Gasteiger partial charge is 0.484 e. The summed E-state index contributed by atoms with van der Waals surface area (Å²) in [4.78, 5) is 12.2. The molecule has 1 aromatic heterocycles. The molecule has 0 bridgehead atoms. The predicted octanol–water partition coefficient (Wildman–Crippen LogP) is 1.25. The molecule has 0 radical (unpaired) electrons. The summed E-state index contributed by atoms with van der Waals surface area (Å²) in [6.07, 6.45) is 1.96. The smallest absolute Gasteiger partial charge is 0.310 e. The third-order valence-corrected chi connectivity index (χ3v) is 5.93. The van der Waals surface area contributed by atoms with Crippen LogP contribution < -0.4 is 9.04 Å². The number of benzene rings is 1. The molecular weight excluding hydrogens is 398 g/mol. The van der Waals surface area contributed by atoms with E-state index in [4.69, 9.17) is 9.47 Å². The first-order valence-corrected chi connectivity index (χ1v) is 10.6. The van der Waals surface area contributed by atoms with Crippen molar-refractivity contribution < 1.29 is 27.8 Å². The molecule has 0 fully saturated rings. The molecule has 3 rings (SSSR count). The van der Waals surface area contributed by atoms with Crippen molar-refractivity contribution in [3.8, 4) is 5.75 Å². The maximum Gasteiger partial charge on any atom is 0.310 e. The van der Waals surface area contributed by atoms with Crippen LogP contribution >= 0.6 is 0 Å². The van der Waals surface area contributed by atoms with E-state index in [2.05, 4.69) is 5.10 Å². The van der Waals surface area contributed by atoms with Crippen LogP contribution in [0, 0.1) is 0 Å². The maximum absolute atomic E-state index is 13.2. The Morgan fingerprint density at radius 1 is 1.38 bits per heavy atom. The van der Waals surface area contributed by atoms with Crippen LogP contribution in [-0.2, 0) is 33.0 Å². The topological polar surface area (TPSA) is 111 Å². The number of ether oxygens (including phenoxy) is 2. The van der Waals surface area contributed by atoms with Crippen molar-refractivity contribution in [2.75, 3.05) is 17.5 Å². The van der Waals surface area contributed by atoms with E-state index >= 15 is 0 Å². The molecule has 0 spiro atoms. The van der Waals surface area contributed by atoms with Gasteiger partial charge >= 0.3 is 5.97 Å². The molecule has 0 saturated heterocycles. The van der Waals surface area contributed by atoms with Crippen molar-refractivity contribution in [2.24, 2.45) is 7.05 Å². The Labute approximate surface area is 169 Å². The fourth-order valence-electron chi connectivity index (χ4n) is 2.99. The Morgan fingerprint density at radius 3 is 2.69 bits per heavy atom. The van der Waals surface area contributed by atoms with Gasteiger partial charge in [0.2, 0.25) is 0 Å². The molecule has 2 heterocycles. The Morgan fingerprint density at radius 2 is 2.10 bits per heavy atom. The molecule has 0 aliphatic carbocycles. The number of aliphatic hydroxyl groups is 1. The highest BCUT2D eigenvalue weighted by molar-refractivity contribution is 7.92. The van der Waals surface area contributed by atoms with Gasteiger partial charge in [-0.15, -0.1) is 0 Å². The van der Waals surface area contributed by atoms with Gasteiger partial charge in [-0.1, -0.05) is 6.07 Å². The molecule has 1 aromatic carbocycles. The fourth-order valence-corrected chi connectivity index (χ4v) is 4.48. The molecule has 2 aromatic rings. The quantitative estimate of drug-likeness (QED) is 0.721. The highest BCUT2D eigenvalue weighted by atomic mass is 32.2. The first-order valence-electron chi connectivity index (χ1n) is 9.13. The summed E-state index contributed by atoms with van der Waals surface area (Å²) in [6.45, 7) is 4.95. The number of aliphatic hydroxyl groups excluding tert-OH is 1. The molecule has 1 aliphatic heterocycles. The second-order valence-corrected chi connectivity index (χ2v) is 9.74. The molecule has 10 heteroatoms. The maximum atomic E-state index is 13.2. The molecule has 1 N–H and O–H groups in total. The summed E-state index contributed by atoms with van der Waals surface area (Å²) >= 11 is 0. The number of sulfonamides is 1. The SMILES string of the molecule is Cn1cc(S(=O)(=O)N2C[C@H](CO)Oc3ccc(CC(=O)OC(C)(C)C)cc32)cn1. The molecule has 1 atom stereocenters. The zero-order chi connectivity index (χ0) is 21.4. The number of hydrogen-bond acceptors (Lipinski definition) is 7. The normalized spacial score (nSPS) is 16.9. The first kappa shape index (κ1) is 21.1. The lowest BCUT2D eigenvalue weighted by Gasteiger charge is -2.34. The molecule has 9 nitrogen and oxygen atoms in total. The van der Waals surface area contributed by atoms with Gasteiger partial charge in [0.15, 0.2) is 0 Å². The van der Waals surface area contributed by atoms with Crippen LogP contribution in [0.3, 0.4) is 0 Å². The van der Waals surface area contributed by atoms with E-state index in [-0.39, 0.29) is 24.5 Å². The monoisotopic (exact) mass is 423 g/mol. The zero-order valence-electron chi connectivity index (χ0n) is 16.8. The Kier molecular flexibility index (Phi) is 5.59. The van der Waals surface area contributed by atoms with Gasteiger partial charge in [0.25, 0.3) is 10.0 Å². The van der Waals surface area contributed by atoms with Crippen molar-refractivity contribution in [3.05, 3.63) is 36.2 Å². The lowest BCUT2D eigenvalue weighted by molar-refractivity contribution is -0.153. The average Bonchev–Trinajstić information content (AvgIpc) is 3.06. The van der Waals surface area contributed by atoms with Crippen LogP contribution in [0.25, 0.3) is 0 Å². The minimum atomic E-state index is -3.93. The van der Waals surface area contributed by atoms with E-state index in [0.29, 0.717) is 17.0 Å². The number of esters is 1. The van der Waals surface area contributed by atoms with Gasteiger partial charge in [-0.25, -0.2) is 8.42 Å². The third kappa shape index (κ3) is 4.70. The number of anilines is 1. The number of carbonyl (C=O) groups is 1. The molecular formula is C19H25N3O6S. The Hall–Kier alpha value is -2.59. The van der Waals surface area contributed by atoms with E-state index in [9.17, 15) is 18.3 Å². The van der Waals surface area contributed by atoms with Crippen molar-refractivity contribution in [1.29, 1.82) is 0 Å². The average molecular weight is 423 g/mol. The van der Waals surface area contributed by atoms with Crippen molar-refractivity contribution in [3.63, 3.8) is 0 Å². The van der Waals surface area contributed by atoms with E-state index < -0.39 is 27.7 Å². The fraction of sp³-hybridized carbons (Fsp3) is 0.474. The summed E-state index contributed by atoms with van der Waals surface area (Å²) in [7, 11) is -2.30.